The van der Waals surface area contributed by atoms with Crippen LogP contribution in [0.1, 0.15) is 90.5 Å². The maximum atomic E-state index is 13.6. The van der Waals surface area contributed by atoms with Gasteiger partial charge >= 0.3 is 0 Å². The van der Waals surface area contributed by atoms with E-state index in [0.29, 0.717) is 65.5 Å². The lowest BCUT2D eigenvalue weighted by molar-refractivity contribution is 0.0526. The number of rotatable bonds is 10. The summed E-state index contributed by atoms with van der Waals surface area (Å²) in [5, 5.41) is 11.2. The van der Waals surface area contributed by atoms with E-state index in [0.717, 1.165) is 75.5 Å². The van der Waals surface area contributed by atoms with Gasteiger partial charge in [0.05, 0.1) is 44.7 Å². The first kappa shape index (κ1) is 30.7. The van der Waals surface area contributed by atoms with Gasteiger partial charge in [0.15, 0.2) is 23.0 Å². The Hall–Kier alpha value is -3.66. The van der Waals surface area contributed by atoms with Gasteiger partial charge in [0.25, 0.3) is 11.8 Å². The number of aliphatic hydroxyl groups excluding tert-OH is 1. The summed E-state index contributed by atoms with van der Waals surface area (Å²) in [6, 6.07) is 7.63. The van der Waals surface area contributed by atoms with Crippen molar-refractivity contribution in [1.29, 1.82) is 0 Å². The fraction of sp³-hybridized carbons (Fsp3) is 0.622. The average Bonchev–Trinajstić information content (AvgIpc) is 3.96. The summed E-state index contributed by atoms with van der Waals surface area (Å²) in [6.45, 7) is 2.63. The average molecular weight is 646 g/mol. The molecule has 1 N–H and O–H groups in total. The summed E-state index contributed by atoms with van der Waals surface area (Å²) in [4.78, 5) is 32.9. The van der Waals surface area contributed by atoms with Crippen molar-refractivity contribution in [1.82, 2.24) is 9.80 Å². The van der Waals surface area contributed by atoms with Gasteiger partial charge in [-0.2, -0.15) is 0 Å². The van der Waals surface area contributed by atoms with Crippen LogP contribution in [0.5, 0.6) is 23.0 Å². The van der Waals surface area contributed by atoms with Crippen LogP contribution in [0.15, 0.2) is 24.3 Å². The van der Waals surface area contributed by atoms with Crippen LogP contribution >= 0.6 is 0 Å². The summed E-state index contributed by atoms with van der Waals surface area (Å²) >= 11 is 0. The van der Waals surface area contributed by atoms with E-state index in [-0.39, 0.29) is 23.3 Å². The van der Waals surface area contributed by atoms with E-state index in [1.54, 1.807) is 20.3 Å². The Bertz CT molecular complexity index is 1580. The van der Waals surface area contributed by atoms with Crippen LogP contribution in [0.2, 0.25) is 0 Å². The van der Waals surface area contributed by atoms with Crippen molar-refractivity contribution < 1.29 is 33.6 Å². The molecule has 2 saturated heterocycles. The quantitative estimate of drug-likeness (QED) is 0.359. The second-order valence-corrected chi connectivity index (χ2v) is 15.0. The number of aliphatic hydroxyl groups is 1. The number of hydrogen-bond acceptors (Lipinski definition) is 8. The van der Waals surface area contributed by atoms with E-state index in [9.17, 15) is 14.7 Å². The van der Waals surface area contributed by atoms with Crippen molar-refractivity contribution in [3.8, 4) is 23.0 Å². The molecular weight excluding hydrogens is 598 g/mol. The summed E-state index contributed by atoms with van der Waals surface area (Å²) in [5.41, 5.74) is 3.62. The van der Waals surface area contributed by atoms with E-state index in [4.69, 9.17) is 18.9 Å². The molecule has 0 unspecified atom stereocenters. The number of likely N-dealkylation sites (N-methyl/N-ethyl adjacent to an activating group) is 1. The van der Waals surface area contributed by atoms with Crippen molar-refractivity contribution >= 4 is 17.5 Å². The molecule has 0 aromatic heterocycles. The van der Waals surface area contributed by atoms with E-state index in [2.05, 4.69) is 4.90 Å². The van der Waals surface area contributed by atoms with Gasteiger partial charge in [0, 0.05) is 37.8 Å². The molecule has 10 nitrogen and oxygen atoms in total. The molecule has 2 aromatic rings. The fourth-order valence-corrected chi connectivity index (χ4v) is 8.67. The van der Waals surface area contributed by atoms with Crippen LogP contribution < -0.4 is 23.8 Å². The van der Waals surface area contributed by atoms with Crippen LogP contribution in [-0.4, -0.2) is 92.6 Å². The number of carbonyl (C=O) groups excluding carboxylic acids is 2. The number of aryl methyl sites for hydroxylation is 1. The van der Waals surface area contributed by atoms with Crippen LogP contribution in [0, 0.1) is 10.8 Å². The van der Waals surface area contributed by atoms with Gasteiger partial charge in [0.1, 0.15) is 6.23 Å². The number of nitrogens with zero attached hydrogens (tertiary/aromatic N) is 3. The van der Waals surface area contributed by atoms with Crippen LogP contribution in [0.4, 0.5) is 5.69 Å². The number of unbranched alkanes of at least 4 members (excludes halogenated alkanes) is 2. The first-order valence-corrected chi connectivity index (χ1v) is 17.5. The molecule has 4 aliphatic heterocycles. The molecule has 252 valence electrons. The Kier molecular flexibility index (Phi) is 7.50. The third-order valence-electron chi connectivity index (χ3n) is 11.9. The maximum absolute atomic E-state index is 13.6. The molecule has 6 aliphatic rings. The highest BCUT2D eigenvalue weighted by Crippen LogP contribution is 2.57. The van der Waals surface area contributed by atoms with Gasteiger partial charge in [-0.3, -0.25) is 9.59 Å². The number of ether oxygens (including phenoxy) is 4. The summed E-state index contributed by atoms with van der Waals surface area (Å²) in [5.74, 6) is 2.47. The minimum Gasteiger partial charge on any atom is -0.493 e. The highest BCUT2D eigenvalue weighted by Gasteiger charge is 2.57. The summed E-state index contributed by atoms with van der Waals surface area (Å²) < 4.78 is 23.7. The molecule has 10 heteroatoms. The Morgan fingerprint density at radius 3 is 2.02 bits per heavy atom. The number of fused-ring (bicyclic) bond motifs is 4. The van der Waals surface area contributed by atoms with Crippen LogP contribution in [0.25, 0.3) is 0 Å². The number of hydrogen-bond donors (Lipinski definition) is 1. The van der Waals surface area contributed by atoms with Gasteiger partial charge in [-0.05, 0) is 105 Å². The topological polar surface area (TPSA) is 101 Å². The second kappa shape index (κ2) is 11.5. The SMILES string of the molecule is COc1cc2c(cc1OCCCCCOc1cc3c(cc1OC)C(=O)N1CC4(CC4)C[C@H]1[C@@H](O)N3C)CC[C@@H]1CC3(CC3)CN1C2=O. The molecular formula is C37H47N3O7. The highest BCUT2D eigenvalue weighted by atomic mass is 16.5. The van der Waals surface area contributed by atoms with Crippen LogP contribution in [-0.2, 0) is 6.42 Å². The predicted molar refractivity (Wildman–Crippen MR) is 176 cm³/mol. The molecule has 8 rings (SSSR count). The minimum atomic E-state index is -0.771. The molecule has 2 amide bonds. The Morgan fingerprint density at radius 1 is 0.766 bits per heavy atom. The molecule has 4 fully saturated rings. The molecule has 2 spiro atoms. The van der Waals surface area contributed by atoms with Crippen molar-refractivity contribution in [2.75, 3.05) is 52.5 Å². The van der Waals surface area contributed by atoms with E-state index < -0.39 is 6.23 Å². The molecule has 2 aliphatic carbocycles. The zero-order chi connectivity index (χ0) is 32.5. The summed E-state index contributed by atoms with van der Waals surface area (Å²) in [6.07, 6.45) is 10.4. The third-order valence-corrected chi connectivity index (χ3v) is 11.9. The third kappa shape index (κ3) is 5.36. The Morgan fingerprint density at radius 2 is 1.36 bits per heavy atom. The molecule has 3 atom stereocenters. The molecule has 4 heterocycles. The van der Waals surface area contributed by atoms with Gasteiger partial charge in [-0.25, -0.2) is 0 Å². The normalized spacial score (nSPS) is 26.0. The van der Waals surface area contributed by atoms with Gasteiger partial charge in [-0.1, -0.05) is 0 Å². The monoisotopic (exact) mass is 645 g/mol. The molecule has 2 saturated carbocycles. The van der Waals surface area contributed by atoms with Gasteiger partial charge in [-0.15, -0.1) is 0 Å². The number of benzene rings is 2. The van der Waals surface area contributed by atoms with Crippen molar-refractivity contribution in [3.63, 3.8) is 0 Å². The molecule has 2 aromatic carbocycles. The zero-order valence-electron chi connectivity index (χ0n) is 27.9. The first-order chi connectivity index (χ1) is 22.7. The standard InChI is InChI=1S/C37H47N3O7/c1-38-27-18-32(30(45-3)17-26(27)34(42)40-22-37(11-12-37)20-28(40)35(38)43)47-14-6-4-5-13-46-31-15-23-7-8-24-19-36(9-10-36)21-39(24)33(41)25(23)16-29(31)44-2/h15-18,24,28,35,43H,4-14,19-22H2,1-3H3/t24-,28+,35-/m1/s1. The second-order valence-electron chi connectivity index (χ2n) is 15.0. The smallest absolute Gasteiger partial charge is 0.256 e. The number of methoxy groups -OCH3 is 2. The Labute approximate surface area is 276 Å². The van der Waals surface area contributed by atoms with Gasteiger partial charge < -0.3 is 38.8 Å². The van der Waals surface area contributed by atoms with Gasteiger partial charge in [0.2, 0.25) is 0 Å². The number of amides is 2. The number of carbonyl (C=O) groups is 2. The zero-order valence-corrected chi connectivity index (χ0v) is 27.9. The van der Waals surface area contributed by atoms with Crippen LogP contribution in [0.3, 0.4) is 0 Å². The summed E-state index contributed by atoms with van der Waals surface area (Å²) in [7, 11) is 5.06. The lowest BCUT2D eigenvalue weighted by atomic mass is 9.97. The number of anilines is 1. The van der Waals surface area contributed by atoms with E-state index in [1.165, 1.54) is 12.8 Å². The molecule has 0 radical (unpaired) electrons. The van der Waals surface area contributed by atoms with E-state index in [1.807, 2.05) is 35.0 Å². The minimum absolute atomic E-state index is 0.0495. The van der Waals surface area contributed by atoms with E-state index >= 15 is 0 Å². The Balaban J connectivity index is 0.858. The lowest BCUT2D eigenvalue weighted by Gasteiger charge is -2.31. The lowest BCUT2D eigenvalue weighted by Crippen LogP contribution is -2.47. The first-order valence-electron chi connectivity index (χ1n) is 17.5. The molecule has 47 heavy (non-hydrogen) atoms. The largest absolute Gasteiger partial charge is 0.493 e. The van der Waals surface area contributed by atoms with Crippen molar-refractivity contribution in [2.45, 2.75) is 88.9 Å². The van der Waals surface area contributed by atoms with Crippen molar-refractivity contribution in [2.24, 2.45) is 10.8 Å². The van der Waals surface area contributed by atoms with Crippen molar-refractivity contribution in [3.05, 3.63) is 41.0 Å². The maximum Gasteiger partial charge on any atom is 0.256 e. The highest BCUT2D eigenvalue weighted by molar-refractivity contribution is 6.02. The fourth-order valence-electron chi connectivity index (χ4n) is 8.67. The molecule has 0 bridgehead atoms. The predicted octanol–water partition coefficient (Wildman–Crippen LogP) is 5.04.